The van der Waals surface area contributed by atoms with Gasteiger partial charge in [-0.1, -0.05) is 33.6 Å². The number of carbonyl (C=O) groups excluding carboxylic acids is 1. The van der Waals surface area contributed by atoms with E-state index in [2.05, 4.69) is 31.0 Å². The van der Waals surface area contributed by atoms with Crippen molar-refractivity contribution in [1.82, 2.24) is 10.2 Å². The third kappa shape index (κ3) is 5.91. The molecule has 19 heavy (non-hydrogen) atoms. The average molecular weight is 269 g/mol. The fourth-order valence-corrected chi connectivity index (χ4v) is 3.00. The predicted molar refractivity (Wildman–Crippen MR) is 80.0 cm³/mol. The molecule has 2 unspecified atom stereocenters. The molecule has 0 aromatic heterocycles. The van der Waals surface area contributed by atoms with Crippen molar-refractivity contribution in [1.29, 1.82) is 0 Å². The van der Waals surface area contributed by atoms with Gasteiger partial charge >= 0.3 is 0 Å². The van der Waals surface area contributed by atoms with E-state index in [0.717, 1.165) is 13.0 Å². The Labute approximate surface area is 118 Å². The van der Waals surface area contributed by atoms with Gasteiger partial charge in [-0.05, 0) is 32.2 Å². The molecule has 0 radical (unpaired) electrons. The van der Waals surface area contributed by atoms with Crippen molar-refractivity contribution in [3.05, 3.63) is 0 Å². The van der Waals surface area contributed by atoms with Crippen LogP contribution >= 0.6 is 0 Å². The van der Waals surface area contributed by atoms with E-state index in [4.69, 9.17) is 5.73 Å². The number of nitrogens with one attached hydrogen (secondary N) is 1. The van der Waals surface area contributed by atoms with Crippen LogP contribution in [0.5, 0.6) is 0 Å². The number of amides is 1. The SMILES string of the molecule is CCC1CCCCCN1CCC(NC(C)C)C(N)=O. The topological polar surface area (TPSA) is 58.4 Å². The van der Waals surface area contributed by atoms with Crippen LogP contribution in [0, 0.1) is 0 Å². The van der Waals surface area contributed by atoms with E-state index in [1.54, 1.807) is 0 Å². The fraction of sp³-hybridized carbons (Fsp3) is 0.933. The maximum Gasteiger partial charge on any atom is 0.234 e. The molecule has 1 heterocycles. The van der Waals surface area contributed by atoms with Crippen molar-refractivity contribution in [2.75, 3.05) is 13.1 Å². The Bertz CT molecular complexity index is 268. The highest BCUT2D eigenvalue weighted by molar-refractivity contribution is 5.79. The monoisotopic (exact) mass is 269 g/mol. The molecule has 2 atom stereocenters. The number of likely N-dealkylation sites (tertiary alicyclic amines) is 1. The van der Waals surface area contributed by atoms with Gasteiger partial charge in [-0.25, -0.2) is 0 Å². The van der Waals surface area contributed by atoms with Crippen molar-refractivity contribution in [2.24, 2.45) is 5.73 Å². The summed E-state index contributed by atoms with van der Waals surface area (Å²) >= 11 is 0. The lowest BCUT2D eigenvalue weighted by atomic mass is 10.1. The van der Waals surface area contributed by atoms with Gasteiger partial charge < -0.3 is 16.0 Å². The average Bonchev–Trinajstić information content (AvgIpc) is 2.58. The molecule has 112 valence electrons. The fourth-order valence-electron chi connectivity index (χ4n) is 3.00. The molecule has 4 nitrogen and oxygen atoms in total. The number of carbonyl (C=O) groups is 1. The molecular formula is C15H31N3O. The largest absolute Gasteiger partial charge is 0.368 e. The Morgan fingerprint density at radius 2 is 2.11 bits per heavy atom. The van der Waals surface area contributed by atoms with Crippen LogP contribution in [0.1, 0.15) is 59.3 Å². The van der Waals surface area contributed by atoms with E-state index < -0.39 is 0 Å². The first-order valence-electron chi connectivity index (χ1n) is 7.84. The highest BCUT2D eigenvalue weighted by atomic mass is 16.1. The molecular weight excluding hydrogens is 238 g/mol. The lowest BCUT2D eigenvalue weighted by Gasteiger charge is -2.30. The Hall–Kier alpha value is -0.610. The standard InChI is InChI=1S/C15H31N3O/c1-4-13-8-6-5-7-10-18(13)11-9-14(15(16)19)17-12(2)3/h12-14,17H,4-11H2,1-3H3,(H2,16,19). The molecule has 1 rings (SSSR count). The molecule has 3 N–H and O–H groups in total. The second-order valence-electron chi connectivity index (χ2n) is 6.01. The summed E-state index contributed by atoms with van der Waals surface area (Å²) in [5.74, 6) is -0.225. The highest BCUT2D eigenvalue weighted by Crippen LogP contribution is 2.19. The summed E-state index contributed by atoms with van der Waals surface area (Å²) in [6.07, 6.45) is 7.31. The number of hydrogen-bond donors (Lipinski definition) is 2. The van der Waals surface area contributed by atoms with E-state index in [-0.39, 0.29) is 11.9 Å². The molecule has 1 fully saturated rings. The molecule has 0 aliphatic carbocycles. The summed E-state index contributed by atoms with van der Waals surface area (Å²) in [5.41, 5.74) is 5.48. The molecule has 1 saturated heterocycles. The van der Waals surface area contributed by atoms with Crippen molar-refractivity contribution < 1.29 is 4.79 Å². The minimum absolute atomic E-state index is 0.194. The zero-order valence-electron chi connectivity index (χ0n) is 12.8. The van der Waals surface area contributed by atoms with Crippen molar-refractivity contribution in [3.8, 4) is 0 Å². The number of hydrogen-bond acceptors (Lipinski definition) is 3. The summed E-state index contributed by atoms with van der Waals surface area (Å²) in [5, 5.41) is 3.27. The maximum atomic E-state index is 11.5. The van der Waals surface area contributed by atoms with E-state index in [0.29, 0.717) is 12.1 Å². The Morgan fingerprint density at radius 1 is 1.37 bits per heavy atom. The highest BCUT2D eigenvalue weighted by Gasteiger charge is 2.22. The minimum Gasteiger partial charge on any atom is -0.368 e. The number of primary amides is 1. The van der Waals surface area contributed by atoms with Gasteiger partial charge in [0.05, 0.1) is 6.04 Å². The van der Waals surface area contributed by atoms with Gasteiger partial charge in [0.25, 0.3) is 0 Å². The van der Waals surface area contributed by atoms with Crippen LogP contribution in [-0.2, 0) is 4.79 Å². The molecule has 0 aromatic carbocycles. The van der Waals surface area contributed by atoms with Gasteiger partial charge in [-0.15, -0.1) is 0 Å². The molecule has 0 spiro atoms. The molecule has 1 aliphatic heterocycles. The third-order valence-corrected chi connectivity index (χ3v) is 4.05. The van der Waals surface area contributed by atoms with Crippen LogP contribution < -0.4 is 11.1 Å². The minimum atomic E-state index is -0.225. The predicted octanol–water partition coefficient (Wildman–Crippen LogP) is 1.88. The lowest BCUT2D eigenvalue weighted by molar-refractivity contribution is -0.120. The second kappa shape index (κ2) is 8.54. The maximum absolute atomic E-state index is 11.5. The van der Waals surface area contributed by atoms with E-state index in [9.17, 15) is 4.79 Å². The molecule has 0 bridgehead atoms. The summed E-state index contributed by atoms with van der Waals surface area (Å²) in [7, 11) is 0. The third-order valence-electron chi connectivity index (χ3n) is 4.05. The quantitative estimate of drug-likeness (QED) is 0.742. The first kappa shape index (κ1) is 16.4. The molecule has 4 heteroatoms. The Balaban J connectivity index is 2.48. The summed E-state index contributed by atoms with van der Waals surface area (Å²) in [6, 6.07) is 0.791. The molecule has 1 aliphatic rings. The summed E-state index contributed by atoms with van der Waals surface area (Å²) in [4.78, 5) is 14.0. The normalized spacial score (nSPS) is 23.3. The van der Waals surface area contributed by atoms with Crippen LogP contribution in [0.15, 0.2) is 0 Å². The van der Waals surface area contributed by atoms with Gasteiger partial charge in [0.2, 0.25) is 5.91 Å². The lowest BCUT2D eigenvalue weighted by Crippen LogP contribution is -2.47. The second-order valence-corrected chi connectivity index (χ2v) is 6.01. The summed E-state index contributed by atoms with van der Waals surface area (Å²) in [6.45, 7) is 8.52. The zero-order chi connectivity index (χ0) is 14.3. The van der Waals surface area contributed by atoms with Gasteiger partial charge in [-0.2, -0.15) is 0 Å². The number of nitrogens with two attached hydrogens (primary N) is 1. The first-order valence-corrected chi connectivity index (χ1v) is 7.84. The van der Waals surface area contributed by atoms with E-state index in [1.807, 2.05) is 0 Å². The zero-order valence-corrected chi connectivity index (χ0v) is 12.8. The van der Waals surface area contributed by atoms with Crippen LogP contribution in [0.3, 0.4) is 0 Å². The van der Waals surface area contributed by atoms with Gasteiger partial charge in [0.15, 0.2) is 0 Å². The van der Waals surface area contributed by atoms with Gasteiger partial charge in [0.1, 0.15) is 0 Å². The number of rotatable bonds is 7. The molecule has 0 saturated carbocycles. The molecule has 0 aromatic rings. The molecule has 1 amide bonds. The number of nitrogens with zero attached hydrogens (tertiary/aromatic N) is 1. The van der Waals surface area contributed by atoms with Gasteiger partial charge in [0, 0.05) is 18.6 Å². The van der Waals surface area contributed by atoms with Crippen molar-refractivity contribution in [3.63, 3.8) is 0 Å². The Morgan fingerprint density at radius 3 is 2.68 bits per heavy atom. The summed E-state index contributed by atoms with van der Waals surface area (Å²) < 4.78 is 0. The van der Waals surface area contributed by atoms with Crippen LogP contribution in [0.25, 0.3) is 0 Å². The van der Waals surface area contributed by atoms with Crippen LogP contribution in [0.4, 0.5) is 0 Å². The van der Waals surface area contributed by atoms with Gasteiger partial charge in [-0.3, -0.25) is 4.79 Å². The van der Waals surface area contributed by atoms with E-state index in [1.165, 1.54) is 38.6 Å². The van der Waals surface area contributed by atoms with Crippen LogP contribution in [0.2, 0.25) is 0 Å². The first-order chi connectivity index (χ1) is 9.04. The smallest absolute Gasteiger partial charge is 0.234 e. The van der Waals surface area contributed by atoms with Crippen molar-refractivity contribution >= 4 is 5.91 Å². The van der Waals surface area contributed by atoms with Crippen molar-refractivity contribution in [2.45, 2.75) is 77.4 Å². The van der Waals surface area contributed by atoms with E-state index >= 15 is 0 Å². The Kier molecular flexibility index (Phi) is 7.39. The van der Waals surface area contributed by atoms with Crippen LogP contribution in [-0.4, -0.2) is 42.0 Å².